The zero-order valence-electron chi connectivity index (χ0n) is 19.1. The topological polar surface area (TPSA) is 96.4 Å². The Kier molecular flexibility index (Phi) is 7.54. The van der Waals surface area contributed by atoms with Crippen molar-refractivity contribution in [3.63, 3.8) is 0 Å². The minimum atomic E-state index is -0.493. The number of aromatic nitrogens is 2. The third-order valence-corrected chi connectivity index (χ3v) is 6.49. The number of nitrogens with zero attached hydrogens (tertiary/aromatic N) is 2. The van der Waals surface area contributed by atoms with Crippen molar-refractivity contribution >= 4 is 35.0 Å². The first kappa shape index (κ1) is 23.8. The Labute approximate surface area is 202 Å². The second kappa shape index (κ2) is 10.8. The van der Waals surface area contributed by atoms with Crippen molar-refractivity contribution < 1.29 is 14.3 Å². The van der Waals surface area contributed by atoms with Crippen molar-refractivity contribution in [2.45, 2.75) is 38.4 Å². The lowest BCUT2D eigenvalue weighted by Crippen LogP contribution is -2.44. The molecular weight excluding hydrogens is 452 g/mol. The number of fused-ring (bicyclic) bond motifs is 1. The highest BCUT2D eigenvalue weighted by atomic mass is 32.1. The van der Waals surface area contributed by atoms with Gasteiger partial charge in [-0.25, -0.2) is 4.79 Å². The fraction of sp³-hybridized carbons (Fsp3) is 0.360. The van der Waals surface area contributed by atoms with E-state index in [1.165, 1.54) is 23.3 Å². The number of carbonyl (C=O) groups excluding carboxylic acids is 2. The molecule has 178 valence electrons. The van der Waals surface area contributed by atoms with Crippen LogP contribution in [0.2, 0.25) is 0 Å². The molecule has 1 aliphatic rings. The van der Waals surface area contributed by atoms with Gasteiger partial charge < -0.3 is 15.0 Å². The Morgan fingerprint density at radius 1 is 1.15 bits per heavy atom. The summed E-state index contributed by atoms with van der Waals surface area (Å²) in [6.45, 7) is 2.97. The van der Waals surface area contributed by atoms with Crippen LogP contribution in [-0.4, -0.2) is 52.6 Å². The van der Waals surface area contributed by atoms with E-state index in [0.717, 1.165) is 32.5 Å². The van der Waals surface area contributed by atoms with E-state index in [9.17, 15) is 14.4 Å². The maximum Gasteiger partial charge on any atom is 0.337 e. The van der Waals surface area contributed by atoms with Gasteiger partial charge >= 0.3 is 5.97 Å². The Hall–Kier alpha value is -3.30. The highest BCUT2D eigenvalue weighted by Crippen LogP contribution is 2.15. The average molecular weight is 481 g/mol. The minimum Gasteiger partial charge on any atom is -0.465 e. The van der Waals surface area contributed by atoms with Crippen LogP contribution < -0.4 is 10.9 Å². The van der Waals surface area contributed by atoms with Gasteiger partial charge in [-0.1, -0.05) is 30.3 Å². The molecule has 0 bridgehead atoms. The fourth-order valence-electron chi connectivity index (χ4n) is 4.29. The van der Waals surface area contributed by atoms with Gasteiger partial charge in [0.25, 0.3) is 5.56 Å². The summed E-state index contributed by atoms with van der Waals surface area (Å²) in [4.78, 5) is 42.6. The van der Waals surface area contributed by atoms with Crippen molar-refractivity contribution in [1.29, 1.82) is 0 Å². The molecule has 1 amide bonds. The molecule has 0 atom stereocenters. The molecule has 0 radical (unpaired) electrons. The summed E-state index contributed by atoms with van der Waals surface area (Å²) in [6.07, 6.45) is 1.96. The molecule has 1 fully saturated rings. The molecule has 8 nitrogen and oxygen atoms in total. The van der Waals surface area contributed by atoms with Crippen molar-refractivity contribution in [1.82, 2.24) is 19.8 Å². The Morgan fingerprint density at radius 2 is 1.88 bits per heavy atom. The van der Waals surface area contributed by atoms with Gasteiger partial charge in [0.05, 0.1) is 23.6 Å². The first-order valence-electron chi connectivity index (χ1n) is 11.4. The zero-order valence-corrected chi connectivity index (χ0v) is 19.9. The predicted molar refractivity (Wildman–Crippen MR) is 132 cm³/mol. The number of ether oxygens (including phenoxy) is 1. The average Bonchev–Trinajstić information content (AvgIpc) is 2.85. The van der Waals surface area contributed by atoms with E-state index >= 15 is 0 Å². The number of piperidine rings is 1. The van der Waals surface area contributed by atoms with E-state index in [4.69, 9.17) is 17.0 Å². The molecule has 1 saturated heterocycles. The third-order valence-electron chi connectivity index (χ3n) is 6.17. The van der Waals surface area contributed by atoms with Crippen LogP contribution in [0.1, 0.15) is 35.2 Å². The summed E-state index contributed by atoms with van der Waals surface area (Å²) in [5.74, 6) is -0.586. The lowest BCUT2D eigenvalue weighted by molar-refractivity contribution is -0.122. The molecule has 2 aromatic carbocycles. The number of likely N-dealkylation sites (tertiary alicyclic amines) is 1. The zero-order chi connectivity index (χ0) is 24.1. The van der Waals surface area contributed by atoms with Gasteiger partial charge in [0.1, 0.15) is 0 Å². The molecule has 0 aliphatic carbocycles. The number of aromatic amines is 1. The molecule has 34 heavy (non-hydrogen) atoms. The van der Waals surface area contributed by atoms with Crippen LogP contribution in [0, 0.1) is 4.77 Å². The number of H-pyrrole nitrogens is 1. The maximum absolute atomic E-state index is 12.9. The first-order valence-corrected chi connectivity index (χ1v) is 11.8. The summed E-state index contributed by atoms with van der Waals surface area (Å²) >= 11 is 5.34. The van der Waals surface area contributed by atoms with E-state index in [1.807, 2.05) is 6.07 Å². The second-order valence-corrected chi connectivity index (χ2v) is 8.88. The number of amides is 1. The molecule has 0 saturated carbocycles. The van der Waals surface area contributed by atoms with Crippen LogP contribution in [0.25, 0.3) is 10.9 Å². The van der Waals surface area contributed by atoms with E-state index in [2.05, 4.69) is 39.5 Å². The number of carbonyl (C=O) groups is 2. The van der Waals surface area contributed by atoms with Gasteiger partial charge in [0.2, 0.25) is 5.91 Å². The monoisotopic (exact) mass is 480 g/mol. The summed E-state index contributed by atoms with van der Waals surface area (Å²) < 4.78 is 6.32. The molecule has 2 heterocycles. The molecule has 4 rings (SSSR count). The predicted octanol–water partition coefficient (Wildman–Crippen LogP) is 3.02. The van der Waals surface area contributed by atoms with Crippen molar-refractivity contribution in [3.8, 4) is 0 Å². The van der Waals surface area contributed by atoms with Crippen molar-refractivity contribution in [3.05, 3.63) is 74.8 Å². The molecule has 3 aromatic rings. The molecule has 2 N–H and O–H groups in total. The quantitative estimate of drug-likeness (QED) is 0.399. The molecule has 1 aliphatic heterocycles. The molecule has 0 unspecified atom stereocenters. The lowest BCUT2D eigenvalue weighted by atomic mass is 10.0. The Bertz CT molecular complexity index is 1290. The van der Waals surface area contributed by atoms with Crippen LogP contribution in [-0.2, 0) is 22.6 Å². The Morgan fingerprint density at radius 3 is 2.59 bits per heavy atom. The van der Waals surface area contributed by atoms with Gasteiger partial charge in [0, 0.05) is 38.6 Å². The number of esters is 1. The summed E-state index contributed by atoms with van der Waals surface area (Å²) in [6, 6.07) is 15.2. The van der Waals surface area contributed by atoms with E-state index in [-0.39, 0.29) is 35.2 Å². The van der Waals surface area contributed by atoms with Crippen LogP contribution >= 0.6 is 12.2 Å². The van der Waals surface area contributed by atoms with Crippen LogP contribution in [0.15, 0.2) is 53.3 Å². The lowest BCUT2D eigenvalue weighted by Gasteiger charge is -2.32. The number of benzene rings is 2. The van der Waals surface area contributed by atoms with Gasteiger partial charge in [-0.3, -0.25) is 19.1 Å². The Balaban J connectivity index is 1.32. The van der Waals surface area contributed by atoms with E-state index in [1.54, 1.807) is 12.1 Å². The second-order valence-electron chi connectivity index (χ2n) is 8.49. The van der Waals surface area contributed by atoms with Crippen LogP contribution in [0.4, 0.5) is 0 Å². The highest BCUT2D eigenvalue weighted by Gasteiger charge is 2.21. The normalized spacial score (nSPS) is 14.7. The van der Waals surface area contributed by atoms with Crippen LogP contribution in [0.3, 0.4) is 0 Å². The largest absolute Gasteiger partial charge is 0.465 e. The summed E-state index contributed by atoms with van der Waals surface area (Å²) in [7, 11) is 1.30. The number of hydrogen-bond donors (Lipinski definition) is 2. The number of methoxy groups -OCH3 is 1. The van der Waals surface area contributed by atoms with E-state index < -0.39 is 5.97 Å². The minimum absolute atomic E-state index is 0.0936. The third kappa shape index (κ3) is 5.60. The standard InChI is InChI=1S/C25H28N4O4S/c1-33-24(32)18-7-8-20-21(15-18)27-25(34)29(23(20)31)14-11-22(30)26-19-9-12-28(13-10-19)16-17-5-3-2-4-6-17/h2-8,15,19H,9-14,16H2,1H3,(H,26,30)(H,27,34). The van der Waals surface area contributed by atoms with Crippen LogP contribution in [0.5, 0.6) is 0 Å². The highest BCUT2D eigenvalue weighted by molar-refractivity contribution is 7.71. The number of hydrogen-bond acceptors (Lipinski definition) is 6. The molecule has 1 aromatic heterocycles. The van der Waals surface area contributed by atoms with Gasteiger partial charge in [-0.15, -0.1) is 0 Å². The number of nitrogens with one attached hydrogen (secondary N) is 2. The SMILES string of the molecule is COC(=O)c1ccc2c(=O)n(CCC(=O)NC3CCN(Cc4ccccc4)CC3)c(=S)[nH]c2c1. The van der Waals surface area contributed by atoms with Crippen molar-refractivity contribution in [2.75, 3.05) is 20.2 Å². The molecule has 0 spiro atoms. The van der Waals surface area contributed by atoms with Gasteiger partial charge in [0.15, 0.2) is 4.77 Å². The summed E-state index contributed by atoms with van der Waals surface area (Å²) in [5.41, 5.74) is 1.79. The number of rotatable bonds is 7. The molecular formula is C25H28N4O4S. The fourth-order valence-corrected chi connectivity index (χ4v) is 4.58. The van der Waals surface area contributed by atoms with Gasteiger partial charge in [-0.05, 0) is 48.8 Å². The maximum atomic E-state index is 12.9. The smallest absolute Gasteiger partial charge is 0.337 e. The van der Waals surface area contributed by atoms with E-state index in [0.29, 0.717) is 16.5 Å². The van der Waals surface area contributed by atoms with Crippen molar-refractivity contribution in [2.24, 2.45) is 0 Å². The van der Waals surface area contributed by atoms with Gasteiger partial charge in [-0.2, -0.15) is 0 Å². The summed E-state index contributed by atoms with van der Waals surface area (Å²) in [5, 5.41) is 3.50. The first-order chi connectivity index (χ1) is 16.4. The molecule has 9 heteroatoms.